The monoisotopic (exact) mass is 280 g/mol. The summed E-state index contributed by atoms with van der Waals surface area (Å²) in [6, 6.07) is 6.27. The normalized spacial score (nSPS) is 12.0. The number of methoxy groups -OCH3 is 1. The average Bonchev–Trinajstić information content (AvgIpc) is 2.45. The van der Waals surface area contributed by atoms with Crippen molar-refractivity contribution < 1.29 is 14.3 Å². The summed E-state index contributed by atoms with van der Waals surface area (Å²) in [5, 5.41) is 5.90. The van der Waals surface area contributed by atoms with Crippen molar-refractivity contribution in [2.24, 2.45) is 0 Å². The smallest absolute Gasteiger partial charge is 0.258 e. The Morgan fingerprint density at radius 1 is 1.40 bits per heavy atom. The zero-order chi connectivity index (χ0) is 15.0. The molecular formula is C15H24N2O3. The maximum Gasteiger partial charge on any atom is 0.258 e. The second-order valence-electron chi connectivity index (χ2n) is 4.67. The van der Waals surface area contributed by atoms with Gasteiger partial charge in [-0.3, -0.25) is 4.79 Å². The van der Waals surface area contributed by atoms with Crippen LogP contribution in [0.25, 0.3) is 0 Å². The predicted octanol–water partition coefficient (Wildman–Crippen LogP) is 1.42. The van der Waals surface area contributed by atoms with E-state index in [2.05, 4.69) is 23.6 Å². The Balaban J connectivity index is 2.50. The molecule has 1 aromatic rings. The van der Waals surface area contributed by atoms with Gasteiger partial charge in [0.25, 0.3) is 5.91 Å². The number of carbonyl (C=O) groups excluding carboxylic acids is 1. The van der Waals surface area contributed by atoms with Gasteiger partial charge in [-0.05, 0) is 38.1 Å². The van der Waals surface area contributed by atoms with E-state index in [1.54, 1.807) is 7.11 Å². The molecule has 20 heavy (non-hydrogen) atoms. The minimum Gasteiger partial charge on any atom is -0.484 e. The van der Waals surface area contributed by atoms with E-state index in [1.807, 2.05) is 26.1 Å². The van der Waals surface area contributed by atoms with Gasteiger partial charge in [0.05, 0.1) is 6.61 Å². The lowest BCUT2D eigenvalue weighted by Crippen LogP contribution is -2.31. The third kappa shape index (κ3) is 5.19. The van der Waals surface area contributed by atoms with Crippen LogP contribution < -0.4 is 15.4 Å². The third-order valence-corrected chi connectivity index (χ3v) is 3.12. The Hall–Kier alpha value is -1.59. The summed E-state index contributed by atoms with van der Waals surface area (Å²) in [4.78, 5) is 11.5. The molecule has 0 aliphatic carbocycles. The first-order valence-corrected chi connectivity index (χ1v) is 6.74. The first kappa shape index (κ1) is 16.5. The fraction of sp³-hybridized carbons (Fsp3) is 0.533. The molecule has 1 unspecified atom stereocenters. The van der Waals surface area contributed by atoms with Gasteiger partial charge in [0.1, 0.15) is 5.75 Å². The highest BCUT2D eigenvalue weighted by atomic mass is 16.5. The summed E-state index contributed by atoms with van der Waals surface area (Å²) in [5.41, 5.74) is 2.22. The van der Waals surface area contributed by atoms with Gasteiger partial charge in [-0.25, -0.2) is 0 Å². The summed E-state index contributed by atoms with van der Waals surface area (Å²) < 4.78 is 10.4. The first-order valence-electron chi connectivity index (χ1n) is 6.74. The van der Waals surface area contributed by atoms with E-state index in [0.717, 1.165) is 11.3 Å². The molecule has 5 nitrogen and oxygen atoms in total. The summed E-state index contributed by atoms with van der Waals surface area (Å²) >= 11 is 0. The van der Waals surface area contributed by atoms with Crippen LogP contribution in [0.15, 0.2) is 18.2 Å². The maximum atomic E-state index is 11.5. The molecule has 0 heterocycles. The van der Waals surface area contributed by atoms with Crippen molar-refractivity contribution in [3.8, 4) is 5.75 Å². The highest BCUT2D eigenvalue weighted by Crippen LogP contribution is 2.22. The number of amides is 1. The topological polar surface area (TPSA) is 59.6 Å². The molecule has 1 rings (SSSR count). The fourth-order valence-electron chi connectivity index (χ4n) is 1.76. The molecule has 0 aliphatic heterocycles. The molecule has 0 fully saturated rings. The van der Waals surface area contributed by atoms with Gasteiger partial charge in [-0.15, -0.1) is 0 Å². The Morgan fingerprint density at radius 2 is 2.15 bits per heavy atom. The van der Waals surface area contributed by atoms with Crippen LogP contribution in [0.3, 0.4) is 0 Å². The molecule has 0 bridgehead atoms. The van der Waals surface area contributed by atoms with Gasteiger partial charge in [-0.2, -0.15) is 0 Å². The Kier molecular flexibility index (Phi) is 7.04. The standard InChI is InChI=1S/C15H24N2O3/c1-11-9-13(12(2)16-3)5-6-14(11)20-10-15(18)17-7-8-19-4/h5-6,9,12,16H,7-8,10H2,1-4H3,(H,17,18). The lowest BCUT2D eigenvalue weighted by atomic mass is 10.1. The van der Waals surface area contributed by atoms with E-state index in [9.17, 15) is 4.79 Å². The van der Waals surface area contributed by atoms with Crippen molar-refractivity contribution in [1.82, 2.24) is 10.6 Å². The zero-order valence-corrected chi connectivity index (χ0v) is 12.7. The molecule has 0 saturated heterocycles. The molecule has 0 spiro atoms. The van der Waals surface area contributed by atoms with Crippen LogP contribution in [0.5, 0.6) is 5.75 Å². The molecule has 1 atom stereocenters. The molecule has 0 radical (unpaired) electrons. The number of carbonyl (C=O) groups is 1. The third-order valence-electron chi connectivity index (χ3n) is 3.12. The van der Waals surface area contributed by atoms with Crippen LogP contribution in [-0.4, -0.2) is 39.8 Å². The summed E-state index contributed by atoms with van der Waals surface area (Å²) in [6.45, 7) is 5.09. The van der Waals surface area contributed by atoms with Crippen LogP contribution in [-0.2, 0) is 9.53 Å². The second-order valence-corrected chi connectivity index (χ2v) is 4.67. The molecular weight excluding hydrogens is 256 g/mol. The van der Waals surface area contributed by atoms with Crippen LogP contribution in [0.2, 0.25) is 0 Å². The number of hydrogen-bond donors (Lipinski definition) is 2. The Labute approximate surface area is 120 Å². The second kappa shape index (κ2) is 8.55. The van der Waals surface area contributed by atoms with E-state index in [1.165, 1.54) is 5.56 Å². The molecule has 1 aromatic carbocycles. The van der Waals surface area contributed by atoms with E-state index in [-0.39, 0.29) is 12.5 Å². The summed E-state index contributed by atoms with van der Waals surface area (Å²) in [6.07, 6.45) is 0. The van der Waals surface area contributed by atoms with Gasteiger partial charge in [0.2, 0.25) is 0 Å². The van der Waals surface area contributed by atoms with Gasteiger partial charge in [0.15, 0.2) is 6.61 Å². The fourth-order valence-corrected chi connectivity index (χ4v) is 1.76. The van der Waals surface area contributed by atoms with Crippen LogP contribution >= 0.6 is 0 Å². The first-order chi connectivity index (χ1) is 9.58. The minimum absolute atomic E-state index is 0.0193. The van der Waals surface area contributed by atoms with Crippen molar-refractivity contribution in [3.63, 3.8) is 0 Å². The number of hydrogen-bond acceptors (Lipinski definition) is 4. The molecule has 0 aromatic heterocycles. The Morgan fingerprint density at radius 3 is 2.75 bits per heavy atom. The largest absolute Gasteiger partial charge is 0.484 e. The van der Waals surface area contributed by atoms with Crippen LogP contribution in [0.4, 0.5) is 0 Å². The molecule has 1 amide bonds. The summed E-state index contributed by atoms with van der Waals surface area (Å²) in [7, 11) is 3.52. The number of ether oxygens (including phenoxy) is 2. The van der Waals surface area contributed by atoms with Crippen molar-refractivity contribution in [1.29, 1.82) is 0 Å². The van der Waals surface area contributed by atoms with Crippen molar-refractivity contribution in [2.45, 2.75) is 19.9 Å². The van der Waals surface area contributed by atoms with E-state index in [0.29, 0.717) is 19.2 Å². The molecule has 5 heteroatoms. The van der Waals surface area contributed by atoms with E-state index in [4.69, 9.17) is 9.47 Å². The number of rotatable bonds is 8. The SMILES string of the molecule is CNC(C)c1ccc(OCC(=O)NCCOC)c(C)c1. The Bertz CT molecular complexity index is 435. The number of aryl methyl sites for hydroxylation is 1. The molecule has 0 aliphatic rings. The average molecular weight is 280 g/mol. The van der Waals surface area contributed by atoms with Gasteiger partial charge < -0.3 is 20.1 Å². The van der Waals surface area contributed by atoms with Crippen molar-refractivity contribution >= 4 is 5.91 Å². The molecule has 112 valence electrons. The lowest BCUT2D eigenvalue weighted by Gasteiger charge is -2.14. The van der Waals surface area contributed by atoms with Crippen LogP contribution in [0, 0.1) is 6.92 Å². The molecule has 2 N–H and O–H groups in total. The van der Waals surface area contributed by atoms with Crippen molar-refractivity contribution in [2.75, 3.05) is 33.9 Å². The van der Waals surface area contributed by atoms with Gasteiger partial charge in [0, 0.05) is 19.7 Å². The van der Waals surface area contributed by atoms with Crippen LogP contribution in [0.1, 0.15) is 24.1 Å². The minimum atomic E-state index is -0.144. The number of nitrogens with one attached hydrogen (secondary N) is 2. The molecule has 0 saturated carbocycles. The quantitative estimate of drug-likeness (QED) is 0.707. The zero-order valence-electron chi connectivity index (χ0n) is 12.7. The maximum absolute atomic E-state index is 11.5. The van der Waals surface area contributed by atoms with Crippen molar-refractivity contribution in [3.05, 3.63) is 29.3 Å². The van der Waals surface area contributed by atoms with Gasteiger partial charge >= 0.3 is 0 Å². The number of benzene rings is 1. The lowest BCUT2D eigenvalue weighted by molar-refractivity contribution is -0.123. The van der Waals surface area contributed by atoms with E-state index >= 15 is 0 Å². The highest BCUT2D eigenvalue weighted by molar-refractivity contribution is 5.77. The predicted molar refractivity (Wildman–Crippen MR) is 79.0 cm³/mol. The highest BCUT2D eigenvalue weighted by Gasteiger charge is 2.07. The summed E-state index contributed by atoms with van der Waals surface area (Å²) in [5.74, 6) is 0.591. The van der Waals surface area contributed by atoms with Gasteiger partial charge in [-0.1, -0.05) is 12.1 Å². The van der Waals surface area contributed by atoms with E-state index < -0.39 is 0 Å².